The maximum absolute atomic E-state index is 16.2. The molecule has 0 radical (unpaired) electrons. The summed E-state index contributed by atoms with van der Waals surface area (Å²) in [5, 5.41) is 113. The summed E-state index contributed by atoms with van der Waals surface area (Å²) in [7, 11) is 0. The second-order valence-electron chi connectivity index (χ2n) is 24.9. The van der Waals surface area contributed by atoms with Crippen LogP contribution in [-0.2, 0) is 40.1 Å². The number of anilines is 1. The summed E-state index contributed by atoms with van der Waals surface area (Å²) in [5.74, 6) is -15.1. The van der Waals surface area contributed by atoms with Crippen molar-refractivity contribution in [2.24, 2.45) is 5.73 Å². The molecule has 29 heteroatoms. The number of hydrogen-bond acceptors (Lipinski definition) is 20. The lowest BCUT2D eigenvalue weighted by Gasteiger charge is -2.31. The Morgan fingerprint density at radius 1 is 0.490 bits per heavy atom. The fourth-order valence-electron chi connectivity index (χ4n) is 12.6. The Morgan fingerprint density at radius 2 is 1.02 bits per heavy atom. The van der Waals surface area contributed by atoms with Crippen molar-refractivity contribution in [3.63, 3.8) is 0 Å². The van der Waals surface area contributed by atoms with E-state index in [2.05, 4.69) is 56.0 Å². The van der Waals surface area contributed by atoms with Crippen molar-refractivity contribution in [2.75, 3.05) is 18.0 Å². The Kier molecular flexibility index (Phi) is 20.3. The number of carbonyl (C=O) groups is 7. The standard InChI is InChI=1S/C73H69Cl2N9O18/c1-3-5-20-84(21-6-4-2)39-15-10-33(11-16-39)32-77-68(94)61-44-30-41(86)31-49(89)56(44)55-43(8-7-9-48(55)88)60-71(97)83-63(73(99)81-61)65(91)36-14-19-51(46(75)25-36)102-54-28-38-27-53(66(54)92)101-50-18-13-35(24-45(50)74)64(90)62-72(98)79-58(69(95)78-59(38)70(96)80-60)37-22-40(85)29-42(23-37)100-52-26-34(12-17-47(52)87)57(76)67(93)82-62/h7-19,22-31,57-65,85-92H,3-6,20-21,32,76H2,1-2H3,(H,77,94)(H,78,95)(H,79,98)(H,80,96)(H,81,99)(H,82,93)(H,83,97). The predicted molar refractivity (Wildman–Crippen MR) is 369 cm³/mol. The lowest BCUT2D eigenvalue weighted by Crippen LogP contribution is -2.55. The minimum Gasteiger partial charge on any atom is -0.508 e. The maximum Gasteiger partial charge on any atom is 0.248 e. The Bertz CT molecular complexity index is 4670. The minimum atomic E-state index is -2.27. The van der Waals surface area contributed by atoms with Gasteiger partial charge in [0.15, 0.2) is 23.0 Å². The summed E-state index contributed by atoms with van der Waals surface area (Å²) in [6, 6.07) is 14.6. The van der Waals surface area contributed by atoms with Crippen molar-refractivity contribution < 1.29 is 88.6 Å². The van der Waals surface area contributed by atoms with Crippen LogP contribution < -0.4 is 62.1 Å². The fraction of sp³-hybridized carbons (Fsp3) is 0.247. The van der Waals surface area contributed by atoms with Crippen molar-refractivity contribution in [1.29, 1.82) is 0 Å². The number of fused-ring (bicyclic) bond motifs is 13. The van der Waals surface area contributed by atoms with Crippen LogP contribution in [0.2, 0.25) is 10.0 Å². The Hall–Kier alpha value is -11.5. The number of aliphatic hydroxyl groups excluding tert-OH is 2. The molecule has 9 unspecified atom stereocenters. The van der Waals surface area contributed by atoms with Crippen LogP contribution >= 0.6 is 23.2 Å². The van der Waals surface area contributed by atoms with E-state index in [1.807, 2.05) is 24.3 Å². The highest BCUT2D eigenvalue weighted by Crippen LogP contribution is 2.49. The van der Waals surface area contributed by atoms with Gasteiger partial charge in [-0.05, 0) is 142 Å². The molecule has 14 rings (SSSR count). The number of unbranched alkanes of at least 4 members (excludes halogenated alkanes) is 2. The fourth-order valence-corrected chi connectivity index (χ4v) is 13.0. The Morgan fingerprint density at radius 3 is 1.63 bits per heavy atom. The summed E-state index contributed by atoms with van der Waals surface area (Å²) in [6.07, 6.45) is -0.276. The van der Waals surface area contributed by atoms with Gasteiger partial charge in [0.25, 0.3) is 0 Å². The number of phenolic OH excluding ortho intramolecular Hbond substituents is 6. The largest absolute Gasteiger partial charge is 0.508 e. The molecule has 0 spiro atoms. The lowest BCUT2D eigenvalue weighted by molar-refractivity contribution is -0.137. The molecule has 8 aromatic rings. The van der Waals surface area contributed by atoms with Gasteiger partial charge in [-0.25, -0.2) is 0 Å². The van der Waals surface area contributed by atoms with Gasteiger partial charge in [0.05, 0.1) is 10.0 Å². The van der Waals surface area contributed by atoms with E-state index in [1.54, 1.807) is 0 Å². The molecule has 6 aliphatic rings. The van der Waals surface area contributed by atoms with Gasteiger partial charge < -0.3 is 103 Å². The Labute approximate surface area is 591 Å². The monoisotopic (exact) mass is 1430 g/mol. The van der Waals surface area contributed by atoms with Gasteiger partial charge >= 0.3 is 0 Å². The molecular weight excluding hydrogens is 1360 g/mol. The SMILES string of the molecule is CCCCN(CCCC)c1ccc(CNC(=O)C2NC(=O)C3NC(=O)C(NC(=O)C4NC(=O)C5NC(=O)C(NC(=O)C(N)c6ccc(O)c(c6)Oc6cc(O)cc5c6)C(O)c5ccc(c(Cl)c5)Oc5cc4cc(c5O)Oc4ccc(cc4Cl)C3O)c3cccc(O)c3-c3c(O)cc(O)cc32)cc1. The van der Waals surface area contributed by atoms with E-state index in [9.17, 15) is 45.6 Å². The molecule has 0 aliphatic carbocycles. The van der Waals surface area contributed by atoms with Gasteiger partial charge in [-0.1, -0.05) is 92.4 Å². The molecule has 0 aromatic heterocycles. The average Bonchev–Trinajstić information content (AvgIpc) is 1.07. The van der Waals surface area contributed by atoms with Gasteiger partial charge in [0.1, 0.15) is 94.7 Å². The van der Waals surface area contributed by atoms with Crippen LogP contribution in [0.15, 0.2) is 140 Å². The molecule has 528 valence electrons. The first kappa shape index (κ1) is 70.4. The summed E-state index contributed by atoms with van der Waals surface area (Å²) >= 11 is 13.9. The third kappa shape index (κ3) is 14.5. The number of nitrogens with two attached hydrogens (primary N) is 1. The minimum absolute atomic E-state index is 0.0366. The number of phenols is 6. The normalized spacial score (nSPS) is 21.0. The van der Waals surface area contributed by atoms with Crippen molar-refractivity contribution in [3.05, 3.63) is 194 Å². The lowest BCUT2D eigenvalue weighted by atomic mass is 9.87. The number of nitrogens with zero attached hydrogens (tertiary/aromatic N) is 1. The van der Waals surface area contributed by atoms with E-state index in [4.69, 9.17) is 43.1 Å². The first-order chi connectivity index (χ1) is 48.9. The van der Waals surface area contributed by atoms with Gasteiger partial charge in [-0.2, -0.15) is 0 Å². The number of aromatic hydroxyl groups is 6. The molecule has 0 fully saturated rings. The van der Waals surface area contributed by atoms with Gasteiger partial charge in [-0.3, -0.25) is 33.6 Å². The summed E-state index contributed by atoms with van der Waals surface area (Å²) in [6.45, 7) is 5.71. The highest BCUT2D eigenvalue weighted by molar-refractivity contribution is 6.32. The highest BCUT2D eigenvalue weighted by Gasteiger charge is 2.43. The van der Waals surface area contributed by atoms with E-state index in [0.717, 1.165) is 111 Å². The zero-order valence-corrected chi connectivity index (χ0v) is 55.9. The summed E-state index contributed by atoms with van der Waals surface area (Å²) in [4.78, 5) is 110. The van der Waals surface area contributed by atoms with E-state index in [-0.39, 0.29) is 73.0 Å². The predicted octanol–water partition coefficient (Wildman–Crippen LogP) is 8.11. The number of ether oxygens (including phenoxy) is 3. The molecule has 15 bridgehead atoms. The summed E-state index contributed by atoms with van der Waals surface area (Å²) < 4.78 is 18.6. The number of carbonyl (C=O) groups excluding carboxylic acids is 7. The van der Waals surface area contributed by atoms with E-state index in [1.165, 1.54) is 48.5 Å². The maximum atomic E-state index is 16.2. The molecule has 0 saturated carbocycles. The number of benzene rings is 8. The number of hydrogen-bond donors (Lipinski definition) is 16. The first-order valence-corrected chi connectivity index (χ1v) is 33.2. The zero-order chi connectivity index (χ0) is 72.5. The van der Waals surface area contributed by atoms with E-state index in [0.29, 0.717) is 5.56 Å². The van der Waals surface area contributed by atoms with Crippen molar-refractivity contribution in [1.82, 2.24) is 37.2 Å². The number of halogens is 2. The molecular formula is C73H69Cl2N9O18. The van der Waals surface area contributed by atoms with Gasteiger partial charge in [-0.15, -0.1) is 0 Å². The zero-order valence-electron chi connectivity index (χ0n) is 54.4. The van der Waals surface area contributed by atoms with Crippen LogP contribution in [0, 0.1) is 0 Å². The van der Waals surface area contributed by atoms with Crippen molar-refractivity contribution >= 4 is 70.2 Å². The van der Waals surface area contributed by atoms with Crippen LogP contribution in [0.5, 0.6) is 69.0 Å². The average molecular weight is 1430 g/mol. The van der Waals surface area contributed by atoms with Crippen molar-refractivity contribution in [2.45, 2.75) is 101 Å². The Balaban J connectivity index is 1.03. The molecule has 0 saturated heterocycles. The van der Waals surface area contributed by atoms with E-state index >= 15 is 28.8 Å². The number of nitrogens with one attached hydrogen (secondary N) is 7. The molecule has 102 heavy (non-hydrogen) atoms. The molecule has 8 aromatic carbocycles. The van der Waals surface area contributed by atoms with Crippen molar-refractivity contribution in [3.8, 4) is 80.1 Å². The summed E-state index contributed by atoms with van der Waals surface area (Å²) in [5.41, 5.74) is 5.31. The smallest absolute Gasteiger partial charge is 0.248 e. The molecule has 17 N–H and O–H groups in total. The van der Waals surface area contributed by atoms with E-state index < -0.39 is 159 Å². The van der Waals surface area contributed by atoms with Gasteiger partial charge in [0, 0.05) is 48.6 Å². The molecule has 9 atom stereocenters. The van der Waals surface area contributed by atoms with Crippen LogP contribution in [0.25, 0.3) is 11.1 Å². The van der Waals surface area contributed by atoms with Gasteiger partial charge in [0.2, 0.25) is 47.1 Å². The number of rotatable bonds is 10. The van der Waals surface area contributed by atoms with Crippen LogP contribution in [-0.4, -0.2) is 107 Å². The first-order valence-electron chi connectivity index (χ1n) is 32.5. The molecule has 7 amide bonds. The second-order valence-corrected chi connectivity index (χ2v) is 25.7. The second kappa shape index (κ2) is 29.4. The van der Waals surface area contributed by atoms with Crippen LogP contribution in [0.4, 0.5) is 5.69 Å². The number of aliphatic hydroxyl groups is 2. The molecule has 6 aliphatic heterocycles. The third-order valence-corrected chi connectivity index (χ3v) is 18.5. The molecule has 6 heterocycles. The highest BCUT2D eigenvalue weighted by atomic mass is 35.5. The van der Waals surface area contributed by atoms with Crippen LogP contribution in [0.1, 0.15) is 126 Å². The quantitative estimate of drug-likeness (QED) is 0.0614. The molecule has 27 nitrogen and oxygen atoms in total. The van der Waals surface area contributed by atoms with Crippen LogP contribution in [0.3, 0.4) is 0 Å². The third-order valence-electron chi connectivity index (χ3n) is 17.9. The number of amides is 7. The topological polar surface area (TPSA) is 422 Å².